The summed E-state index contributed by atoms with van der Waals surface area (Å²) in [6.45, 7) is 1.73. The molecule has 0 spiro atoms. The largest absolute Gasteiger partial charge is 0.356 e. The highest BCUT2D eigenvalue weighted by atomic mass is 32.2. The molecule has 7 nitrogen and oxygen atoms in total. The van der Waals surface area contributed by atoms with E-state index in [1.165, 1.54) is 0 Å². The lowest BCUT2D eigenvalue weighted by Crippen LogP contribution is -2.34. The molecule has 1 saturated heterocycles. The van der Waals surface area contributed by atoms with Crippen LogP contribution < -0.4 is 10.2 Å². The van der Waals surface area contributed by atoms with E-state index in [1.807, 2.05) is 11.9 Å². The smallest absolute Gasteiger partial charge is 0.270 e. The number of amides is 1. The summed E-state index contributed by atoms with van der Waals surface area (Å²) in [6.07, 6.45) is 2.62. The first-order valence-electron chi connectivity index (χ1n) is 7.44. The highest BCUT2D eigenvalue weighted by Gasteiger charge is 2.32. The molecule has 22 heavy (non-hydrogen) atoms. The van der Waals surface area contributed by atoms with Gasteiger partial charge in [0.1, 0.15) is 17.3 Å². The van der Waals surface area contributed by atoms with Crippen molar-refractivity contribution in [1.29, 1.82) is 0 Å². The predicted molar refractivity (Wildman–Crippen MR) is 82.7 cm³/mol. The molecule has 1 aromatic heterocycles. The molecule has 2 aliphatic rings. The molecule has 1 atom stereocenters. The van der Waals surface area contributed by atoms with Crippen LogP contribution in [0.15, 0.2) is 6.07 Å². The lowest BCUT2D eigenvalue weighted by molar-refractivity contribution is 0.0945. The first kappa shape index (κ1) is 15.2. The molecule has 1 amide bonds. The van der Waals surface area contributed by atoms with E-state index in [0.717, 1.165) is 12.8 Å². The molecule has 0 radical (unpaired) electrons. The summed E-state index contributed by atoms with van der Waals surface area (Å²) in [6, 6.07) is 1.80. The number of sulfone groups is 1. The molecule has 1 aromatic rings. The molecule has 0 bridgehead atoms. The lowest BCUT2D eigenvalue weighted by Gasteiger charge is -2.24. The maximum Gasteiger partial charge on any atom is 0.270 e. The molecule has 120 valence electrons. The maximum atomic E-state index is 12.1. The Kier molecular flexibility index (Phi) is 3.80. The van der Waals surface area contributed by atoms with E-state index in [2.05, 4.69) is 15.3 Å². The van der Waals surface area contributed by atoms with Gasteiger partial charge in [0, 0.05) is 25.2 Å². The standard InChI is InChI=1S/C14H20N4O3S/c1-9-15-12(14(19)17-10-3-4-10)7-13(16-9)18(2)11-5-6-22(20,21)8-11/h7,10-11H,3-6,8H2,1-2H3,(H,17,19). The molecule has 1 aliphatic carbocycles. The highest BCUT2D eigenvalue weighted by molar-refractivity contribution is 7.91. The summed E-state index contributed by atoms with van der Waals surface area (Å²) in [7, 11) is -1.14. The topological polar surface area (TPSA) is 92.3 Å². The van der Waals surface area contributed by atoms with Crippen LogP contribution in [0.25, 0.3) is 0 Å². The first-order chi connectivity index (χ1) is 10.3. The molecule has 1 unspecified atom stereocenters. The van der Waals surface area contributed by atoms with Gasteiger partial charge in [0.2, 0.25) is 0 Å². The summed E-state index contributed by atoms with van der Waals surface area (Å²) in [5.41, 5.74) is 0.335. The van der Waals surface area contributed by atoms with E-state index >= 15 is 0 Å². The van der Waals surface area contributed by atoms with Gasteiger partial charge in [0.15, 0.2) is 9.84 Å². The SMILES string of the molecule is Cc1nc(C(=O)NC2CC2)cc(N(C)C2CCS(=O)(=O)C2)n1. The Bertz CT molecular complexity index is 700. The van der Waals surface area contributed by atoms with Crippen molar-refractivity contribution in [2.45, 2.75) is 38.3 Å². The van der Waals surface area contributed by atoms with Crippen LogP contribution in [0.5, 0.6) is 0 Å². The fourth-order valence-electron chi connectivity index (χ4n) is 2.60. The number of carbonyl (C=O) groups is 1. The Labute approximate surface area is 130 Å². The van der Waals surface area contributed by atoms with Gasteiger partial charge in [-0.25, -0.2) is 18.4 Å². The average molecular weight is 324 g/mol. The monoisotopic (exact) mass is 324 g/mol. The van der Waals surface area contributed by atoms with Gasteiger partial charge >= 0.3 is 0 Å². The Balaban J connectivity index is 1.80. The van der Waals surface area contributed by atoms with Crippen molar-refractivity contribution in [2.24, 2.45) is 0 Å². The van der Waals surface area contributed by atoms with Gasteiger partial charge in [-0.3, -0.25) is 4.79 Å². The molecule has 8 heteroatoms. The van der Waals surface area contributed by atoms with Crippen molar-refractivity contribution >= 4 is 21.6 Å². The zero-order valence-electron chi connectivity index (χ0n) is 12.7. The quantitative estimate of drug-likeness (QED) is 0.856. The van der Waals surface area contributed by atoms with Crippen LogP contribution in [-0.2, 0) is 9.84 Å². The van der Waals surface area contributed by atoms with Crippen LogP contribution in [0.2, 0.25) is 0 Å². The molecule has 1 saturated carbocycles. The number of rotatable bonds is 4. The van der Waals surface area contributed by atoms with Gasteiger partial charge in [-0.15, -0.1) is 0 Å². The van der Waals surface area contributed by atoms with Crippen molar-refractivity contribution < 1.29 is 13.2 Å². The summed E-state index contributed by atoms with van der Waals surface area (Å²) in [5.74, 6) is 1.25. The molecule has 0 aromatic carbocycles. The Morgan fingerprint density at radius 3 is 2.64 bits per heavy atom. The minimum Gasteiger partial charge on any atom is -0.356 e. The van der Waals surface area contributed by atoms with Gasteiger partial charge in [-0.1, -0.05) is 0 Å². The second kappa shape index (κ2) is 5.49. The van der Waals surface area contributed by atoms with Crippen molar-refractivity contribution in [3.8, 4) is 0 Å². The zero-order chi connectivity index (χ0) is 15.9. The molecule has 3 rings (SSSR count). The van der Waals surface area contributed by atoms with Gasteiger partial charge in [-0.05, 0) is 26.2 Å². The number of nitrogens with one attached hydrogen (secondary N) is 1. The third kappa shape index (κ3) is 3.37. The summed E-state index contributed by atoms with van der Waals surface area (Å²) in [4.78, 5) is 22.5. The molecular weight excluding hydrogens is 304 g/mol. The number of aryl methyl sites for hydroxylation is 1. The molecule has 2 heterocycles. The minimum absolute atomic E-state index is 0.0985. The van der Waals surface area contributed by atoms with Crippen molar-refractivity contribution in [3.05, 3.63) is 17.6 Å². The van der Waals surface area contributed by atoms with Gasteiger partial charge in [0.05, 0.1) is 11.5 Å². The van der Waals surface area contributed by atoms with Crippen LogP contribution in [-0.4, -0.2) is 54.9 Å². The normalized spacial score (nSPS) is 23.3. The average Bonchev–Trinajstić information content (AvgIpc) is 3.18. The number of nitrogens with zero attached hydrogens (tertiary/aromatic N) is 3. The van der Waals surface area contributed by atoms with Gasteiger partial charge in [-0.2, -0.15) is 0 Å². The van der Waals surface area contributed by atoms with Gasteiger partial charge in [0.25, 0.3) is 5.91 Å². The number of aromatic nitrogens is 2. The second-order valence-electron chi connectivity index (χ2n) is 6.07. The highest BCUT2D eigenvalue weighted by Crippen LogP contribution is 2.23. The maximum absolute atomic E-state index is 12.1. The van der Waals surface area contributed by atoms with E-state index in [-0.39, 0.29) is 29.5 Å². The lowest BCUT2D eigenvalue weighted by atomic mass is 10.2. The summed E-state index contributed by atoms with van der Waals surface area (Å²) >= 11 is 0. The van der Waals surface area contributed by atoms with E-state index in [1.54, 1.807) is 13.0 Å². The number of hydrogen-bond acceptors (Lipinski definition) is 6. The Morgan fingerprint density at radius 1 is 1.32 bits per heavy atom. The van der Waals surface area contributed by atoms with Crippen LogP contribution >= 0.6 is 0 Å². The van der Waals surface area contributed by atoms with Crippen LogP contribution in [0.1, 0.15) is 35.6 Å². The van der Waals surface area contributed by atoms with Crippen LogP contribution in [0.3, 0.4) is 0 Å². The van der Waals surface area contributed by atoms with Crippen molar-refractivity contribution in [2.75, 3.05) is 23.5 Å². The van der Waals surface area contributed by atoms with Crippen molar-refractivity contribution in [3.63, 3.8) is 0 Å². The van der Waals surface area contributed by atoms with E-state index in [4.69, 9.17) is 0 Å². The molecule has 1 aliphatic heterocycles. The first-order valence-corrected chi connectivity index (χ1v) is 9.26. The third-order valence-corrected chi connectivity index (χ3v) is 5.84. The summed E-state index contributed by atoms with van der Waals surface area (Å²) in [5, 5.41) is 2.90. The number of hydrogen-bond donors (Lipinski definition) is 1. The molecule has 1 N–H and O–H groups in total. The fourth-order valence-corrected chi connectivity index (χ4v) is 4.38. The molecule has 2 fully saturated rings. The van der Waals surface area contributed by atoms with Crippen LogP contribution in [0.4, 0.5) is 5.82 Å². The number of anilines is 1. The van der Waals surface area contributed by atoms with E-state index in [0.29, 0.717) is 23.8 Å². The zero-order valence-corrected chi connectivity index (χ0v) is 13.6. The molecular formula is C14H20N4O3S. The van der Waals surface area contributed by atoms with E-state index in [9.17, 15) is 13.2 Å². The summed E-state index contributed by atoms with van der Waals surface area (Å²) < 4.78 is 23.2. The fraction of sp³-hybridized carbons (Fsp3) is 0.643. The predicted octanol–water partition coefficient (Wildman–Crippen LogP) is 0.301. The van der Waals surface area contributed by atoms with Crippen LogP contribution in [0, 0.1) is 6.92 Å². The van der Waals surface area contributed by atoms with Gasteiger partial charge < -0.3 is 10.2 Å². The Morgan fingerprint density at radius 2 is 2.05 bits per heavy atom. The number of carbonyl (C=O) groups excluding carboxylic acids is 1. The third-order valence-electron chi connectivity index (χ3n) is 4.09. The minimum atomic E-state index is -2.96. The van der Waals surface area contributed by atoms with E-state index < -0.39 is 9.84 Å². The second-order valence-corrected chi connectivity index (χ2v) is 8.30. The Hall–Kier alpha value is -1.70. The van der Waals surface area contributed by atoms with Crippen molar-refractivity contribution in [1.82, 2.24) is 15.3 Å².